The quantitative estimate of drug-likeness (QED) is 0.738. The van der Waals surface area contributed by atoms with Crippen LogP contribution in [-0.4, -0.2) is 21.7 Å². The zero-order valence-electron chi connectivity index (χ0n) is 13.7. The van der Waals surface area contributed by atoms with Crippen LogP contribution in [0.3, 0.4) is 0 Å². The fourth-order valence-corrected chi connectivity index (χ4v) is 2.92. The van der Waals surface area contributed by atoms with Crippen LogP contribution in [0.5, 0.6) is 5.75 Å². The largest absolute Gasteiger partial charge is 0.493 e. The van der Waals surface area contributed by atoms with Gasteiger partial charge in [-0.05, 0) is 48.6 Å². The minimum atomic E-state index is 0.634. The summed E-state index contributed by atoms with van der Waals surface area (Å²) in [4.78, 5) is 8.79. The summed E-state index contributed by atoms with van der Waals surface area (Å²) in [5, 5.41) is 4.08. The molecule has 0 saturated carbocycles. The van der Waals surface area contributed by atoms with Crippen molar-refractivity contribution in [3.05, 3.63) is 70.6 Å². The maximum atomic E-state index is 5.65. The Balaban J connectivity index is 1.46. The van der Waals surface area contributed by atoms with Crippen LogP contribution in [0.1, 0.15) is 40.5 Å². The highest BCUT2D eigenvalue weighted by molar-refractivity contribution is 5.39. The van der Waals surface area contributed by atoms with Gasteiger partial charge in [0, 0.05) is 18.3 Å². The zero-order chi connectivity index (χ0) is 16.4. The van der Waals surface area contributed by atoms with Gasteiger partial charge in [-0.2, -0.15) is 4.98 Å². The van der Waals surface area contributed by atoms with Crippen LogP contribution in [0.2, 0.25) is 0 Å². The molecule has 0 fully saturated rings. The molecule has 122 valence electrons. The predicted molar refractivity (Wildman–Crippen MR) is 89.1 cm³/mol. The van der Waals surface area contributed by atoms with Crippen LogP contribution in [-0.2, 0) is 19.3 Å². The molecule has 0 atom stereocenters. The fourth-order valence-electron chi connectivity index (χ4n) is 2.92. The van der Waals surface area contributed by atoms with Gasteiger partial charge < -0.3 is 9.26 Å². The standard InChI is InChI=1S/C19H19N3O2/c1-13-4-5-15(12-20-13)10-18-21-19(24-22-18)11-14-6-7-17-16(9-14)3-2-8-23-17/h4-7,9,12H,2-3,8,10-11H2,1H3. The second-order valence-corrected chi connectivity index (χ2v) is 6.16. The Bertz CT molecular complexity index is 840. The summed E-state index contributed by atoms with van der Waals surface area (Å²) in [5.41, 5.74) is 4.53. The Labute approximate surface area is 140 Å². The number of benzene rings is 1. The van der Waals surface area contributed by atoms with Crippen molar-refractivity contribution in [2.24, 2.45) is 0 Å². The molecule has 5 heteroatoms. The third-order valence-corrected chi connectivity index (χ3v) is 4.17. The molecule has 1 aromatic carbocycles. The maximum absolute atomic E-state index is 5.65. The molecule has 0 N–H and O–H groups in total. The van der Waals surface area contributed by atoms with Gasteiger partial charge in [0.1, 0.15) is 5.75 Å². The summed E-state index contributed by atoms with van der Waals surface area (Å²) in [6.45, 7) is 2.78. The van der Waals surface area contributed by atoms with Crippen molar-refractivity contribution in [1.82, 2.24) is 15.1 Å². The lowest BCUT2D eigenvalue weighted by molar-refractivity contribution is 0.288. The summed E-state index contributed by atoms with van der Waals surface area (Å²) >= 11 is 0. The van der Waals surface area contributed by atoms with Crippen LogP contribution in [0.25, 0.3) is 0 Å². The van der Waals surface area contributed by atoms with Gasteiger partial charge in [0.2, 0.25) is 5.89 Å². The second-order valence-electron chi connectivity index (χ2n) is 6.16. The molecule has 24 heavy (non-hydrogen) atoms. The molecular weight excluding hydrogens is 302 g/mol. The van der Waals surface area contributed by atoms with E-state index in [1.807, 2.05) is 31.3 Å². The molecule has 1 aliphatic rings. The molecule has 0 bridgehead atoms. The van der Waals surface area contributed by atoms with Gasteiger partial charge in [0.15, 0.2) is 5.82 Å². The van der Waals surface area contributed by atoms with Crippen molar-refractivity contribution in [3.8, 4) is 5.75 Å². The second kappa shape index (κ2) is 6.43. The normalized spacial score (nSPS) is 13.4. The number of hydrogen-bond acceptors (Lipinski definition) is 5. The van der Waals surface area contributed by atoms with E-state index in [9.17, 15) is 0 Å². The van der Waals surface area contributed by atoms with Gasteiger partial charge in [-0.15, -0.1) is 0 Å². The first-order valence-corrected chi connectivity index (χ1v) is 8.24. The van der Waals surface area contributed by atoms with Crippen molar-refractivity contribution in [2.45, 2.75) is 32.6 Å². The third-order valence-electron chi connectivity index (χ3n) is 4.17. The Hall–Kier alpha value is -2.69. The Kier molecular flexibility index (Phi) is 3.99. The highest BCUT2D eigenvalue weighted by Gasteiger charge is 2.13. The molecule has 3 heterocycles. The Morgan fingerprint density at radius 2 is 2.00 bits per heavy atom. The number of ether oxygens (including phenoxy) is 1. The highest BCUT2D eigenvalue weighted by atomic mass is 16.5. The SMILES string of the molecule is Cc1ccc(Cc2noc(Cc3ccc4c(c3)CCCO4)n2)cn1. The number of nitrogens with zero attached hydrogens (tertiary/aromatic N) is 3. The lowest BCUT2D eigenvalue weighted by Crippen LogP contribution is -2.08. The van der Waals surface area contributed by atoms with Crippen molar-refractivity contribution in [1.29, 1.82) is 0 Å². The molecule has 0 unspecified atom stereocenters. The Morgan fingerprint density at radius 1 is 1.08 bits per heavy atom. The lowest BCUT2D eigenvalue weighted by atomic mass is 10.0. The van der Waals surface area contributed by atoms with Crippen molar-refractivity contribution in [2.75, 3.05) is 6.61 Å². The molecule has 1 aliphatic heterocycles. The molecule has 2 aromatic heterocycles. The van der Waals surface area contributed by atoms with Crippen molar-refractivity contribution >= 4 is 0 Å². The molecule has 0 radical (unpaired) electrons. The minimum Gasteiger partial charge on any atom is -0.493 e. The number of fused-ring (bicyclic) bond motifs is 1. The van der Waals surface area contributed by atoms with Crippen LogP contribution < -0.4 is 4.74 Å². The summed E-state index contributed by atoms with van der Waals surface area (Å²) in [6.07, 6.45) is 5.28. The van der Waals surface area contributed by atoms with E-state index in [1.54, 1.807) is 0 Å². The molecule has 0 aliphatic carbocycles. The monoisotopic (exact) mass is 321 g/mol. The minimum absolute atomic E-state index is 0.634. The van der Waals surface area contributed by atoms with Crippen LogP contribution >= 0.6 is 0 Å². The number of pyridine rings is 1. The van der Waals surface area contributed by atoms with Gasteiger partial charge in [-0.3, -0.25) is 4.98 Å². The maximum Gasteiger partial charge on any atom is 0.231 e. The fraction of sp³-hybridized carbons (Fsp3) is 0.316. The summed E-state index contributed by atoms with van der Waals surface area (Å²) in [6, 6.07) is 10.3. The summed E-state index contributed by atoms with van der Waals surface area (Å²) in [7, 11) is 0. The highest BCUT2D eigenvalue weighted by Crippen LogP contribution is 2.26. The van der Waals surface area contributed by atoms with Crippen molar-refractivity contribution < 1.29 is 9.26 Å². The molecule has 0 saturated heterocycles. The molecule has 3 aromatic rings. The molecular formula is C19H19N3O2. The van der Waals surface area contributed by atoms with Gasteiger partial charge in [-0.1, -0.05) is 23.4 Å². The van der Waals surface area contributed by atoms with E-state index < -0.39 is 0 Å². The van der Waals surface area contributed by atoms with Crippen LogP contribution in [0.15, 0.2) is 41.1 Å². The first kappa shape index (κ1) is 14.9. The molecule has 0 spiro atoms. The molecule has 0 amide bonds. The van der Waals surface area contributed by atoms with E-state index in [4.69, 9.17) is 9.26 Å². The van der Waals surface area contributed by atoms with E-state index in [0.717, 1.165) is 36.5 Å². The third kappa shape index (κ3) is 3.30. The first-order chi connectivity index (χ1) is 11.8. The first-order valence-electron chi connectivity index (χ1n) is 8.24. The summed E-state index contributed by atoms with van der Waals surface area (Å²) in [5.74, 6) is 2.33. The lowest BCUT2D eigenvalue weighted by Gasteiger charge is -2.17. The van der Waals surface area contributed by atoms with Gasteiger partial charge in [-0.25, -0.2) is 0 Å². The van der Waals surface area contributed by atoms with Gasteiger partial charge >= 0.3 is 0 Å². The smallest absolute Gasteiger partial charge is 0.231 e. The van der Waals surface area contributed by atoms with E-state index in [2.05, 4.69) is 27.3 Å². The number of aromatic nitrogens is 3. The number of rotatable bonds is 4. The number of hydrogen-bond donors (Lipinski definition) is 0. The molecule has 4 rings (SSSR count). The summed E-state index contributed by atoms with van der Waals surface area (Å²) < 4.78 is 11.0. The average Bonchev–Trinajstić information content (AvgIpc) is 3.04. The Morgan fingerprint density at radius 3 is 2.88 bits per heavy atom. The van der Waals surface area contributed by atoms with Gasteiger partial charge in [0.25, 0.3) is 0 Å². The molecule has 5 nitrogen and oxygen atoms in total. The average molecular weight is 321 g/mol. The van der Waals surface area contributed by atoms with Crippen molar-refractivity contribution in [3.63, 3.8) is 0 Å². The predicted octanol–water partition coefficient (Wildman–Crippen LogP) is 3.28. The van der Waals surface area contributed by atoms with E-state index in [-0.39, 0.29) is 0 Å². The van der Waals surface area contributed by atoms with E-state index in [1.165, 1.54) is 11.1 Å². The van der Waals surface area contributed by atoms with Crippen LogP contribution in [0, 0.1) is 6.92 Å². The van der Waals surface area contributed by atoms with E-state index >= 15 is 0 Å². The van der Waals surface area contributed by atoms with Crippen LogP contribution in [0.4, 0.5) is 0 Å². The van der Waals surface area contributed by atoms with E-state index in [0.29, 0.717) is 24.6 Å². The number of aryl methyl sites for hydroxylation is 2. The topological polar surface area (TPSA) is 61.0 Å². The zero-order valence-corrected chi connectivity index (χ0v) is 13.7. The van der Waals surface area contributed by atoms with Gasteiger partial charge in [0.05, 0.1) is 13.0 Å².